The van der Waals surface area contributed by atoms with Crippen molar-refractivity contribution in [3.63, 3.8) is 0 Å². The molecule has 0 spiro atoms. The van der Waals surface area contributed by atoms with Crippen LogP contribution in [-0.2, 0) is 16.0 Å². The fourth-order valence-corrected chi connectivity index (χ4v) is 5.68. The zero-order valence-corrected chi connectivity index (χ0v) is 20.7. The fraction of sp³-hybridized carbons (Fsp3) is 0.379. The largest absolute Gasteiger partial charge is 0.350 e. The number of benzene rings is 2. The Bertz CT molecular complexity index is 1030. The van der Waals surface area contributed by atoms with E-state index in [1.807, 2.05) is 24.3 Å². The summed E-state index contributed by atoms with van der Waals surface area (Å²) in [7, 11) is 0. The molecule has 2 amide bonds. The van der Waals surface area contributed by atoms with Gasteiger partial charge in [0.05, 0.1) is 6.04 Å². The predicted octanol–water partition coefficient (Wildman–Crippen LogP) is 5.85. The molecule has 2 heterocycles. The first-order chi connectivity index (χ1) is 16.5. The van der Waals surface area contributed by atoms with Gasteiger partial charge >= 0.3 is 0 Å². The van der Waals surface area contributed by atoms with Crippen LogP contribution in [0.25, 0.3) is 0 Å². The molecule has 0 bridgehead atoms. The van der Waals surface area contributed by atoms with E-state index in [2.05, 4.69) is 71.6 Å². The summed E-state index contributed by atoms with van der Waals surface area (Å²) in [5.74, 6) is 0.226. The maximum atomic E-state index is 13.7. The van der Waals surface area contributed by atoms with E-state index in [0.29, 0.717) is 19.3 Å². The van der Waals surface area contributed by atoms with Gasteiger partial charge in [-0.25, -0.2) is 0 Å². The average Bonchev–Trinajstić information content (AvgIpc) is 3.24. The van der Waals surface area contributed by atoms with Crippen LogP contribution >= 0.6 is 11.8 Å². The maximum Gasteiger partial charge on any atom is 0.223 e. The molecule has 3 atom stereocenters. The molecular weight excluding hydrogens is 440 g/mol. The van der Waals surface area contributed by atoms with E-state index in [1.165, 1.54) is 10.5 Å². The Morgan fingerprint density at radius 2 is 1.97 bits per heavy atom. The van der Waals surface area contributed by atoms with Gasteiger partial charge in [-0.05, 0) is 61.6 Å². The van der Waals surface area contributed by atoms with Crippen molar-refractivity contribution >= 4 is 23.6 Å². The fourth-order valence-electron chi connectivity index (χ4n) is 5.27. The minimum Gasteiger partial charge on any atom is -0.350 e. The molecule has 2 aromatic carbocycles. The van der Waals surface area contributed by atoms with Crippen molar-refractivity contribution in [3.8, 4) is 0 Å². The molecular formula is C29H34N2O2S. The van der Waals surface area contributed by atoms with E-state index in [-0.39, 0.29) is 29.4 Å². The quantitative estimate of drug-likeness (QED) is 0.366. The highest BCUT2D eigenvalue weighted by Crippen LogP contribution is 2.35. The van der Waals surface area contributed by atoms with Gasteiger partial charge in [0.15, 0.2) is 0 Å². The Morgan fingerprint density at radius 3 is 2.62 bits per heavy atom. The lowest BCUT2D eigenvalue weighted by molar-refractivity contribution is -0.136. The Labute approximate surface area is 207 Å². The molecule has 0 radical (unpaired) electrons. The monoisotopic (exact) mass is 474 g/mol. The summed E-state index contributed by atoms with van der Waals surface area (Å²) in [5.41, 5.74) is 1.95. The molecule has 4 nitrogen and oxygen atoms in total. The molecule has 0 unspecified atom stereocenters. The molecule has 34 heavy (non-hydrogen) atoms. The van der Waals surface area contributed by atoms with Crippen LogP contribution in [0.3, 0.4) is 0 Å². The highest BCUT2D eigenvalue weighted by atomic mass is 32.2. The zero-order chi connectivity index (χ0) is 24.0. The van der Waals surface area contributed by atoms with Crippen molar-refractivity contribution in [3.05, 3.63) is 90.5 Å². The lowest BCUT2D eigenvalue weighted by Gasteiger charge is -2.40. The van der Waals surface area contributed by atoms with Crippen molar-refractivity contribution in [2.45, 2.75) is 67.5 Å². The third kappa shape index (κ3) is 5.64. The van der Waals surface area contributed by atoms with Crippen molar-refractivity contribution in [1.82, 2.24) is 10.2 Å². The number of thioether (sulfide) groups is 1. The number of hydrogen-bond donors (Lipinski definition) is 1. The van der Waals surface area contributed by atoms with Gasteiger partial charge in [0.2, 0.25) is 11.8 Å². The van der Waals surface area contributed by atoms with Crippen LogP contribution in [0.15, 0.2) is 84.3 Å². The van der Waals surface area contributed by atoms with Crippen LogP contribution in [0.2, 0.25) is 0 Å². The molecule has 2 aliphatic heterocycles. The van der Waals surface area contributed by atoms with Crippen LogP contribution in [-0.4, -0.2) is 34.6 Å². The molecule has 2 aromatic rings. The standard InChI is InChI=1S/C29H34N2O2S/c1-3-8-24-11-7-12-26(23-9-5-4-6-10-23)31(24)28(33)18-20-29(19-17-27(32)30-29)21-22-13-15-25(34-2)16-14-22/h3-7,9-10,12-16,24,26H,1,8,11,17-21H2,2H3,(H,30,32)/t24-,26+,29-/m1/s1. The topological polar surface area (TPSA) is 49.4 Å². The SMILES string of the molecule is C=CC[C@@H]1CC=C[C@@H](c2ccccc2)N1C(=O)CC[C@@]1(Cc2ccc(SC)cc2)CCC(=O)N1. The highest BCUT2D eigenvalue weighted by molar-refractivity contribution is 7.98. The third-order valence-corrected chi connectivity index (χ3v) is 7.79. The third-order valence-electron chi connectivity index (χ3n) is 7.04. The number of nitrogens with one attached hydrogen (secondary N) is 1. The molecule has 4 rings (SSSR count). The van der Waals surface area contributed by atoms with E-state index in [4.69, 9.17) is 0 Å². The van der Waals surface area contributed by atoms with E-state index in [9.17, 15) is 9.59 Å². The first kappa shape index (κ1) is 24.3. The zero-order valence-electron chi connectivity index (χ0n) is 19.9. The maximum absolute atomic E-state index is 13.7. The average molecular weight is 475 g/mol. The van der Waals surface area contributed by atoms with Crippen molar-refractivity contribution in [1.29, 1.82) is 0 Å². The summed E-state index contributed by atoms with van der Waals surface area (Å²) in [5, 5.41) is 3.24. The first-order valence-electron chi connectivity index (χ1n) is 12.1. The number of nitrogens with zero attached hydrogens (tertiary/aromatic N) is 1. The van der Waals surface area contributed by atoms with Crippen molar-refractivity contribution in [2.24, 2.45) is 0 Å². The second-order valence-electron chi connectivity index (χ2n) is 9.35. The lowest BCUT2D eigenvalue weighted by Crippen LogP contribution is -2.47. The lowest BCUT2D eigenvalue weighted by atomic mass is 9.84. The molecule has 5 heteroatoms. The van der Waals surface area contributed by atoms with Gasteiger partial charge < -0.3 is 10.2 Å². The summed E-state index contributed by atoms with van der Waals surface area (Å²) in [4.78, 5) is 29.2. The Kier molecular flexibility index (Phi) is 7.94. The minimum atomic E-state index is -0.366. The van der Waals surface area contributed by atoms with Crippen LogP contribution < -0.4 is 5.32 Å². The Morgan fingerprint density at radius 1 is 1.21 bits per heavy atom. The predicted molar refractivity (Wildman–Crippen MR) is 140 cm³/mol. The van der Waals surface area contributed by atoms with Crippen molar-refractivity contribution < 1.29 is 9.59 Å². The summed E-state index contributed by atoms with van der Waals surface area (Å²) in [6.07, 6.45) is 13.0. The molecule has 1 fully saturated rings. The second kappa shape index (κ2) is 11.1. The van der Waals surface area contributed by atoms with E-state index < -0.39 is 0 Å². The van der Waals surface area contributed by atoms with Gasteiger partial charge in [0.25, 0.3) is 0 Å². The minimum absolute atomic E-state index is 0.0689. The van der Waals surface area contributed by atoms with Crippen molar-refractivity contribution in [2.75, 3.05) is 6.26 Å². The van der Waals surface area contributed by atoms with E-state index >= 15 is 0 Å². The normalized spacial score (nSPS) is 24.1. The van der Waals surface area contributed by atoms with E-state index in [1.54, 1.807) is 11.8 Å². The smallest absolute Gasteiger partial charge is 0.223 e. The highest BCUT2D eigenvalue weighted by Gasteiger charge is 2.39. The first-order valence-corrected chi connectivity index (χ1v) is 13.3. The summed E-state index contributed by atoms with van der Waals surface area (Å²) in [6, 6.07) is 18.8. The molecule has 178 valence electrons. The molecule has 1 N–H and O–H groups in total. The number of rotatable bonds is 9. The number of hydrogen-bond acceptors (Lipinski definition) is 3. The summed E-state index contributed by atoms with van der Waals surface area (Å²) < 4.78 is 0. The molecule has 2 aliphatic rings. The van der Waals surface area contributed by atoms with Gasteiger partial charge in [0.1, 0.15) is 0 Å². The van der Waals surface area contributed by atoms with Gasteiger partial charge in [0, 0.05) is 29.3 Å². The summed E-state index contributed by atoms with van der Waals surface area (Å²) in [6.45, 7) is 3.92. The van der Waals surface area contributed by atoms with Gasteiger partial charge in [-0.15, -0.1) is 18.3 Å². The van der Waals surface area contributed by atoms with Gasteiger partial charge in [-0.2, -0.15) is 0 Å². The Balaban J connectivity index is 1.52. The molecule has 0 aromatic heterocycles. The number of amides is 2. The Hall–Kier alpha value is -2.79. The molecule has 0 saturated carbocycles. The van der Waals surface area contributed by atoms with Crippen LogP contribution in [0.5, 0.6) is 0 Å². The molecule has 1 saturated heterocycles. The van der Waals surface area contributed by atoms with Crippen LogP contribution in [0.1, 0.15) is 55.7 Å². The molecule has 0 aliphatic carbocycles. The second-order valence-corrected chi connectivity index (χ2v) is 10.2. The van der Waals surface area contributed by atoms with Gasteiger partial charge in [-0.1, -0.05) is 60.7 Å². The van der Waals surface area contributed by atoms with Gasteiger partial charge in [-0.3, -0.25) is 9.59 Å². The van der Waals surface area contributed by atoms with Crippen LogP contribution in [0, 0.1) is 0 Å². The number of carbonyl (C=O) groups excluding carboxylic acids is 2. The number of carbonyl (C=O) groups is 2. The summed E-state index contributed by atoms with van der Waals surface area (Å²) >= 11 is 1.72. The van der Waals surface area contributed by atoms with E-state index in [0.717, 1.165) is 31.2 Å². The van der Waals surface area contributed by atoms with Crippen LogP contribution in [0.4, 0.5) is 0 Å².